The Bertz CT molecular complexity index is 608. The standard InChI is InChI=1S/C19H25FN2O3/c20-16-3-1-15(2-4-16)18(23)22-7-5-19(6-8-22)13-17(14-25-19)21-9-11-24-12-10-21/h1-4,17H,5-14H2. The molecule has 3 aliphatic rings. The second-order valence-electron chi connectivity index (χ2n) is 7.30. The molecule has 4 rings (SSSR count). The Labute approximate surface area is 147 Å². The normalized spacial score (nSPS) is 26.9. The van der Waals surface area contributed by atoms with Crippen LogP contribution in [0.25, 0.3) is 0 Å². The average molecular weight is 348 g/mol. The number of benzene rings is 1. The molecule has 25 heavy (non-hydrogen) atoms. The zero-order valence-electron chi connectivity index (χ0n) is 14.5. The lowest BCUT2D eigenvalue weighted by molar-refractivity contribution is -0.0401. The molecule has 1 aromatic rings. The van der Waals surface area contributed by atoms with Crippen LogP contribution >= 0.6 is 0 Å². The Morgan fingerprint density at radius 3 is 2.44 bits per heavy atom. The number of piperidine rings is 1. The average Bonchev–Trinajstić information content (AvgIpc) is 3.07. The summed E-state index contributed by atoms with van der Waals surface area (Å²) in [4.78, 5) is 16.9. The maximum atomic E-state index is 13.0. The van der Waals surface area contributed by atoms with Crippen LogP contribution in [0.4, 0.5) is 4.39 Å². The van der Waals surface area contributed by atoms with Gasteiger partial charge in [0.05, 0.1) is 25.4 Å². The molecule has 1 aromatic carbocycles. The summed E-state index contributed by atoms with van der Waals surface area (Å²) in [6.07, 6.45) is 2.80. The third kappa shape index (κ3) is 3.57. The number of morpholine rings is 1. The molecule has 1 atom stereocenters. The van der Waals surface area contributed by atoms with Crippen LogP contribution in [0, 0.1) is 5.82 Å². The van der Waals surface area contributed by atoms with E-state index in [4.69, 9.17) is 9.47 Å². The van der Waals surface area contributed by atoms with Crippen LogP contribution in [0.5, 0.6) is 0 Å². The smallest absolute Gasteiger partial charge is 0.253 e. The zero-order chi connectivity index (χ0) is 17.3. The van der Waals surface area contributed by atoms with Crippen LogP contribution in [0.3, 0.4) is 0 Å². The molecule has 0 bridgehead atoms. The SMILES string of the molecule is O=C(c1ccc(F)cc1)N1CCC2(CC1)CC(N1CCOCC1)CO2. The first-order valence-electron chi connectivity index (χ1n) is 9.16. The van der Waals surface area contributed by atoms with Gasteiger partial charge in [0.25, 0.3) is 5.91 Å². The molecule has 3 saturated heterocycles. The monoisotopic (exact) mass is 348 g/mol. The number of likely N-dealkylation sites (tertiary alicyclic amines) is 1. The zero-order valence-corrected chi connectivity index (χ0v) is 14.5. The molecule has 0 saturated carbocycles. The lowest BCUT2D eigenvalue weighted by atomic mass is 9.86. The molecule has 0 N–H and O–H groups in total. The third-order valence-electron chi connectivity index (χ3n) is 5.80. The van der Waals surface area contributed by atoms with Crippen molar-refractivity contribution < 1.29 is 18.7 Å². The number of nitrogens with zero attached hydrogens (tertiary/aromatic N) is 2. The molecule has 3 fully saturated rings. The fourth-order valence-electron chi connectivity index (χ4n) is 4.24. The Morgan fingerprint density at radius 1 is 1.08 bits per heavy atom. The maximum Gasteiger partial charge on any atom is 0.253 e. The summed E-state index contributed by atoms with van der Waals surface area (Å²) in [6.45, 7) is 5.77. The molecule has 1 unspecified atom stereocenters. The van der Waals surface area contributed by atoms with E-state index in [2.05, 4.69) is 4.90 Å². The minimum atomic E-state index is -0.317. The minimum Gasteiger partial charge on any atom is -0.379 e. The highest BCUT2D eigenvalue weighted by atomic mass is 19.1. The van der Waals surface area contributed by atoms with E-state index >= 15 is 0 Å². The highest BCUT2D eigenvalue weighted by Crippen LogP contribution is 2.38. The van der Waals surface area contributed by atoms with Crippen molar-refractivity contribution >= 4 is 5.91 Å². The molecule has 1 amide bonds. The van der Waals surface area contributed by atoms with Gasteiger partial charge in [0.1, 0.15) is 5.82 Å². The van der Waals surface area contributed by atoms with Crippen molar-refractivity contribution in [2.75, 3.05) is 46.0 Å². The van der Waals surface area contributed by atoms with Gasteiger partial charge in [-0.05, 0) is 43.5 Å². The fourth-order valence-corrected chi connectivity index (χ4v) is 4.24. The number of halogens is 1. The van der Waals surface area contributed by atoms with Gasteiger partial charge in [0.15, 0.2) is 0 Å². The first kappa shape index (κ1) is 16.9. The van der Waals surface area contributed by atoms with E-state index in [-0.39, 0.29) is 17.3 Å². The predicted octanol–water partition coefficient (Wildman–Crippen LogP) is 1.92. The van der Waals surface area contributed by atoms with Crippen molar-refractivity contribution in [2.24, 2.45) is 0 Å². The number of ether oxygens (including phenoxy) is 2. The molecule has 6 heteroatoms. The van der Waals surface area contributed by atoms with Crippen LogP contribution in [0.15, 0.2) is 24.3 Å². The summed E-state index contributed by atoms with van der Waals surface area (Å²) >= 11 is 0. The van der Waals surface area contributed by atoms with E-state index in [0.29, 0.717) is 24.7 Å². The van der Waals surface area contributed by atoms with Gasteiger partial charge in [-0.2, -0.15) is 0 Å². The molecule has 3 aliphatic heterocycles. The van der Waals surface area contributed by atoms with Crippen LogP contribution in [-0.2, 0) is 9.47 Å². The van der Waals surface area contributed by atoms with Crippen LogP contribution < -0.4 is 0 Å². The summed E-state index contributed by atoms with van der Waals surface area (Å²) in [5.41, 5.74) is 0.471. The quantitative estimate of drug-likeness (QED) is 0.819. The van der Waals surface area contributed by atoms with Gasteiger partial charge < -0.3 is 14.4 Å². The van der Waals surface area contributed by atoms with E-state index in [1.54, 1.807) is 12.1 Å². The fraction of sp³-hybridized carbons (Fsp3) is 0.632. The summed E-state index contributed by atoms with van der Waals surface area (Å²) in [5.74, 6) is -0.333. The second kappa shape index (κ2) is 7.02. The summed E-state index contributed by atoms with van der Waals surface area (Å²) < 4.78 is 24.7. The molecule has 0 radical (unpaired) electrons. The van der Waals surface area contributed by atoms with Gasteiger partial charge in [0, 0.05) is 37.8 Å². The molecular formula is C19H25FN2O3. The second-order valence-corrected chi connectivity index (χ2v) is 7.30. The van der Waals surface area contributed by atoms with Gasteiger partial charge >= 0.3 is 0 Å². The van der Waals surface area contributed by atoms with Crippen molar-refractivity contribution in [1.82, 2.24) is 9.80 Å². The van der Waals surface area contributed by atoms with E-state index in [1.807, 2.05) is 4.90 Å². The number of hydrogen-bond donors (Lipinski definition) is 0. The van der Waals surface area contributed by atoms with Crippen molar-refractivity contribution in [3.05, 3.63) is 35.6 Å². The molecular weight excluding hydrogens is 323 g/mol. The van der Waals surface area contributed by atoms with Crippen molar-refractivity contribution in [2.45, 2.75) is 30.9 Å². The van der Waals surface area contributed by atoms with Gasteiger partial charge in [-0.25, -0.2) is 4.39 Å². The number of hydrogen-bond acceptors (Lipinski definition) is 4. The molecule has 1 spiro atoms. The van der Waals surface area contributed by atoms with E-state index < -0.39 is 0 Å². The first-order valence-corrected chi connectivity index (χ1v) is 9.16. The van der Waals surface area contributed by atoms with Gasteiger partial charge in [-0.15, -0.1) is 0 Å². The van der Waals surface area contributed by atoms with Crippen LogP contribution in [-0.4, -0.2) is 73.3 Å². The van der Waals surface area contributed by atoms with Gasteiger partial charge in [-0.3, -0.25) is 9.69 Å². The molecule has 136 valence electrons. The number of carbonyl (C=O) groups excluding carboxylic acids is 1. The number of amides is 1. The van der Waals surface area contributed by atoms with Crippen LogP contribution in [0.1, 0.15) is 29.6 Å². The van der Waals surface area contributed by atoms with Gasteiger partial charge in [0.2, 0.25) is 0 Å². The molecule has 5 nitrogen and oxygen atoms in total. The molecule has 0 aliphatic carbocycles. The maximum absolute atomic E-state index is 13.0. The first-order chi connectivity index (χ1) is 12.2. The lowest BCUT2D eigenvalue weighted by Gasteiger charge is -2.39. The molecule has 3 heterocycles. The highest BCUT2D eigenvalue weighted by molar-refractivity contribution is 5.94. The van der Waals surface area contributed by atoms with Crippen molar-refractivity contribution in [3.63, 3.8) is 0 Å². The molecule has 0 aromatic heterocycles. The summed E-state index contributed by atoms with van der Waals surface area (Å²) in [6, 6.07) is 6.27. The van der Waals surface area contributed by atoms with Crippen molar-refractivity contribution in [3.8, 4) is 0 Å². The largest absolute Gasteiger partial charge is 0.379 e. The Kier molecular flexibility index (Phi) is 4.75. The van der Waals surface area contributed by atoms with E-state index in [1.165, 1.54) is 12.1 Å². The Morgan fingerprint density at radius 2 is 1.76 bits per heavy atom. The van der Waals surface area contributed by atoms with E-state index in [9.17, 15) is 9.18 Å². The number of rotatable bonds is 2. The van der Waals surface area contributed by atoms with E-state index in [0.717, 1.165) is 52.2 Å². The Balaban J connectivity index is 1.33. The van der Waals surface area contributed by atoms with Crippen molar-refractivity contribution in [1.29, 1.82) is 0 Å². The third-order valence-corrected chi connectivity index (χ3v) is 5.80. The minimum absolute atomic E-state index is 0.0161. The highest BCUT2D eigenvalue weighted by Gasteiger charge is 2.45. The van der Waals surface area contributed by atoms with Crippen LogP contribution in [0.2, 0.25) is 0 Å². The topological polar surface area (TPSA) is 42.0 Å². The predicted molar refractivity (Wildman–Crippen MR) is 91.0 cm³/mol. The lowest BCUT2D eigenvalue weighted by Crippen LogP contribution is -2.48. The van der Waals surface area contributed by atoms with Gasteiger partial charge in [-0.1, -0.05) is 0 Å². The Hall–Kier alpha value is -1.50. The summed E-state index contributed by atoms with van der Waals surface area (Å²) in [7, 11) is 0. The number of carbonyl (C=O) groups is 1. The summed E-state index contributed by atoms with van der Waals surface area (Å²) in [5, 5.41) is 0.